The number of methoxy groups -OCH3 is 2. The third-order valence-corrected chi connectivity index (χ3v) is 3.41. The highest BCUT2D eigenvalue weighted by Crippen LogP contribution is 2.14. The first-order chi connectivity index (χ1) is 12.9. The van der Waals surface area contributed by atoms with Gasteiger partial charge in [0.25, 0.3) is 0 Å². The van der Waals surface area contributed by atoms with Crippen LogP contribution in [0.4, 0.5) is 0 Å². The molecule has 0 aliphatic heterocycles. The van der Waals surface area contributed by atoms with Crippen molar-refractivity contribution in [3.05, 3.63) is 67.5 Å². The van der Waals surface area contributed by atoms with E-state index in [9.17, 15) is 9.59 Å². The molecule has 5 heteroatoms. The minimum absolute atomic E-state index is 0.122. The first-order valence-corrected chi connectivity index (χ1v) is 8.73. The Labute approximate surface area is 163 Å². The molecule has 1 rings (SSSR count). The van der Waals surface area contributed by atoms with Crippen LogP contribution >= 0.6 is 0 Å². The van der Waals surface area contributed by atoms with Crippen LogP contribution in [0.1, 0.15) is 49.4 Å². The van der Waals surface area contributed by atoms with Crippen molar-refractivity contribution in [3.8, 4) is 5.75 Å². The molecule has 1 amide bonds. The van der Waals surface area contributed by atoms with Crippen molar-refractivity contribution >= 4 is 11.7 Å². The third-order valence-electron chi connectivity index (χ3n) is 3.41. The maximum atomic E-state index is 11.8. The molecule has 5 nitrogen and oxygen atoms in total. The number of primary amides is 1. The van der Waals surface area contributed by atoms with E-state index >= 15 is 0 Å². The Balaban J connectivity index is 0. The van der Waals surface area contributed by atoms with Crippen LogP contribution in [0.25, 0.3) is 0 Å². The van der Waals surface area contributed by atoms with Crippen LogP contribution in [0.2, 0.25) is 0 Å². The molecule has 0 aliphatic carbocycles. The molecule has 0 saturated heterocycles. The lowest BCUT2D eigenvalue weighted by Crippen LogP contribution is -2.09. The second-order valence-electron chi connectivity index (χ2n) is 5.40. The SMILES string of the molecule is C=C.C=C/C=C(\C)OC.COc1ccc(C(=O)CCCCCC(N)=O)cc1. The summed E-state index contributed by atoms with van der Waals surface area (Å²) in [6.07, 6.45) is 6.80. The fourth-order valence-corrected chi connectivity index (χ4v) is 1.92. The predicted octanol–water partition coefficient (Wildman–Crippen LogP) is 4.84. The fraction of sp³-hybridized carbons (Fsp3) is 0.364. The van der Waals surface area contributed by atoms with E-state index in [0.29, 0.717) is 18.4 Å². The number of hydrogen-bond donors (Lipinski definition) is 1. The molecule has 0 spiro atoms. The summed E-state index contributed by atoms with van der Waals surface area (Å²) in [6, 6.07) is 7.09. The van der Waals surface area contributed by atoms with Gasteiger partial charge in [-0.25, -0.2) is 0 Å². The van der Waals surface area contributed by atoms with Gasteiger partial charge in [-0.05, 0) is 50.1 Å². The van der Waals surface area contributed by atoms with Crippen molar-refractivity contribution in [1.82, 2.24) is 0 Å². The van der Waals surface area contributed by atoms with Gasteiger partial charge < -0.3 is 15.2 Å². The first kappa shape index (κ1) is 26.4. The van der Waals surface area contributed by atoms with Crippen molar-refractivity contribution < 1.29 is 19.1 Å². The highest BCUT2D eigenvalue weighted by Gasteiger charge is 2.05. The van der Waals surface area contributed by atoms with Crippen LogP contribution in [-0.2, 0) is 9.53 Å². The van der Waals surface area contributed by atoms with E-state index < -0.39 is 0 Å². The summed E-state index contributed by atoms with van der Waals surface area (Å²) in [7, 11) is 3.23. The topological polar surface area (TPSA) is 78.6 Å². The average molecular weight is 376 g/mol. The van der Waals surface area contributed by atoms with Gasteiger partial charge in [-0.15, -0.1) is 13.2 Å². The first-order valence-electron chi connectivity index (χ1n) is 8.73. The Kier molecular flexibility index (Phi) is 17.6. The zero-order valence-electron chi connectivity index (χ0n) is 16.8. The number of Topliss-reactive ketones (excluding diaryl/α,β-unsaturated/α-hetero) is 1. The number of allylic oxidation sites excluding steroid dienone is 3. The molecule has 0 atom stereocenters. The number of ketones is 1. The lowest BCUT2D eigenvalue weighted by Gasteiger charge is -2.03. The number of rotatable bonds is 10. The zero-order valence-corrected chi connectivity index (χ0v) is 16.8. The Morgan fingerprint density at radius 2 is 1.59 bits per heavy atom. The van der Waals surface area contributed by atoms with E-state index in [-0.39, 0.29) is 11.7 Å². The van der Waals surface area contributed by atoms with Gasteiger partial charge in [0.05, 0.1) is 20.0 Å². The quantitative estimate of drug-likeness (QED) is 0.209. The fourth-order valence-electron chi connectivity index (χ4n) is 1.92. The minimum Gasteiger partial charge on any atom is -0.501 e. The number of unbranched alkanes of at least 4 members (excludes halogenated alkanes) is 2. The molecule has 0 fully saturated rings. The predicted molar refractivity (Wildman–Crippen MR) is 112 cm³/mol. The summed E-state index contributed by atoms with van der Waals surface area (Å²) in [4.78, 5) is 22.3. The average Bonchev–Trinajstić information content (AvgIpc) is 2.69. The Bertz CT molecular complexity index is 576. The maximum absolute atomic E-state index is 11.8. The van der Waals surface area contributed by atoms with Crippen LogP contribution in [0.3, 0.4) is 0 Å². The molecule has 1 aromatic carbocycles. The van der Waals surface area contributed by atoms with Gasteiger partial charge >= 0.3 is 0 Å². The molecular weight excluding hydrogens is 342 g/mol. The molecule has 0 radical (unpaired) electrons. The number of nitrogens with two attached hydrogens (primary N) is 1. The largest absolute Gasteiger partial charge is 0.501 e. The minimum atomic E-state index is -0.281. The van der Waals surface area contributed by atoms with Crippen molar-refractivity contribution in [3.63, 3.8) is 0 Å². The van der Waals surface area contributed by atoms with Crippen LogP contribution < -0.4 is 10.5 Å². The van der Waals surface area contributed by atoms with Crippen molar-refractivity contribution in [2.45, 2.75) is 39.0 Å². The number of ether oxygens (including phenoxy) is 2. The molecular formula is C22H33NO4. The van der Waals surface area contributed by atoms with E-state index in [1.165, 1.54) is 0 Å². The summed E-state index contributed by atoms with van der Waals surface area (Å²) in [5, 5.41) is 0. The molecule has 2 N–H and O–H groups in total. The van der Waals surface area contributed by atoms with Gasteiger partial charge in [0, 0.05) is 18.4 Å². The summed E-state index contributed by atoms with van der Waals surface area (Å²) in [5.41, 5.74) is 5.73. The Hall–Kier alpha value is -2.82. The van der Waals surface area contributed by atoms with E-state index in [2.05, 4.69) is 19.7 Å². The molecule has 0 bridgehead atoms. The number of hydrogen-bond acceptors (Lipinski definition) is 4. The number of amides is 1. The lowest BCUT2D eigenvalue weighted by atomic mass is 10.0. The van der Waals surface area contributed by atoms with Crippen LogP contribution in [0.5, 0.6) is 5.75 Å². The highest BCUT2D eigenvalue weighted by molar-refractivity contribution is 5.96. The smallest absolute Gasteiger partial charge is 0.217 e. The molecule has 0 unspecified atom stereocenters. The molecule has 0 saturated carbocycles. The highest BCUT2D eigenvalue weighted by atomic mass is 16.5. The third kappa shape index (κ3) is 15.2. The summed E-state index contributed by atoms with van der Waals surface area (Å²) < 4.78 is 9.81. The molecule has 0 aromatic heterocycles. The number of carbonyl (C=O) groups is 2. The van der Waals surface area contributed by atoms with Gasteiger partial charge in [0.2, 0.25) is 5.91 Å². The summed E-state index contributed by atoms with van der Waals surface area (Å²) in [5.74, 6) is 1.47. The second kappa shape index (κ2) is 18.0. The van der Waals surface area contributed by atoms with Crippen molar-refractivity contribution in [2.75, 3.05) is 14.2 Å². The molecule has 1 aromatic rings. The standard InChI is InChI=1S/C14H19NO3.C6H10O.C2H4/c1-18-12-9-7-11(8-10-12)13(16)5-3-2-4-6-14(15)17;1-4-5-6(2)7-3;1-2/h7-10H,2-6H2,1H3,(H2,15,17);4-5H,1H2,2-3H3;1-2H2/b;6-5+;. The van der Waals surface area contributed by atoms with E-state index in [0.717, 1.165) is 30.8 Å². The van der Waals surface area contributed by atoms with Gasteiger partial charge in [0.15, 0.2) is 5.78 Å². The van der Waals surface area contributed by atoms with Crippen LogP contribution in [-0.4, -0.2) is 25.9 Å². The van der Waals surface area contributed by atoms with E-state index in [1.807, 2.05) is 6.92 Å². The summed E-state index contributed by atoms with van der Waals surface area (Å²) >= 11 is 0. The monoisotopic (exact) mass is 375 g/mol. The van der Waals surface area contributed by atoms with Gasteiger partial charge in [-0.3, -0.25) is 9.59 Å². The normalized spacial score (nSPS) is 9.67. The van der Waals surface area contributed by atoms with Gasteiger partial charge in [-0.2, -0.15) is 0 Å². The lowest BCUT2D eigenvalue weighted by molar-refractivity contribution is -0.118. The van der Waals surface area contributed by atoms with Crippen LogP contribution in [0.15, 0.2) is 61.9 Å². The number of carbonyl (C=O) groups excluding carboxylic acids is 2. The number of benzene rings is 1. The van der Waals surface area contributed by atoms with Gasteiger partial charge in [-0.1, -0.05) is 19.1 Å². The van der Waals surface area contributed by atoms with Gasteiger partial charge in [0.1, 0.15) is 5.75 Å². The van der Waals surface area contributed by atoms with E-state index in [1.54, 1.807) is 50.6 Å². The summed E-state index contributed by atoms with van der Waals surface area (Å²) in [6.45, 7) is 11.4. The van der Waals surface area contributed by atoms with Crippen LogP contribution in [0, 0.1) is 0 Å². The molecule has 27 heavy (non-hydrogen) atoms. The zero-order chi connectivity index (χ0) is 21.1. The van der Waals surface area contributed by atoms with E-state index in [4.69, 9.17) is 15.2 Å². The molecule has 150 valence electrons. The Morgan fingerprint density at radius 1 is 1.04 bits per heavy atom. The molecule has 0 heterocycles. The maximum Gasteiger partial charge on any atom is 0.217 e. The Morgan fingerprint density at radius 3 is 2.00 bits per heavy atom. The molecule has 0 aliphatic rings. The second-order valence-corrected chi connectivity index (χ2v) is 5.40. The van der Waals surface area contributed by atoms with Crippen molar-refractivity contribution in [2.24, 2.45) is 5.73 Å². The van der Waals surface area contributed by atoms with Crippen molar-refractivity contribution in [1.29, 1.82) is 0 Å².